The topological polar surface area (TPSA) is 72.6 Å². The van der Waals surface area contributed by atoms with Gasteiger partial charge in [-0.1, -0.05) is 0 Å². The zero-order valence-corrected chi connectivity index (χ0v) is 12.9. The maximum Gasteiger partial charge on any atom is 0.299 e. The lowest BCUT2D eigenvalue weighted by atomic mass is 10.2. The van der Waals surface area contributed by atoms with E-state index in [0.29, 0.717) is 17.0 Å². The molecule has 22 heavy (non-hydrogen) atoms. The molecule has 0 fully saturated rings. The predicted molar refractivity (Wildman–Crippen MR) is 84.7 cm³/mol. The van der Waals surface area contributed by atoms with Crippen LogP contribution in [-0.4, -0.2) is 27.5 Å². The molecular weight excluding hydrogens is 304 g/mol. The van der Waals surface area contributed by atoms with Crippen LogP contribution in [0.25, 0.3) is 22.6 Å². The van der Waals surface area contributed by atoms with E-state index < -0.39 is 11.0 Å². The van der Waals surface area contributed by atoms with Gasteiger partial charge in [0.2, 0.25) is 5.89 Å². The van der Waals surface area contributed by atoms with Crippen molar-refractivity contribution in [2.75, 3.05) is 19.0 Å². The molecule has 0 radical (unpaired) electrons. The van der Waals surface area contributed by atoms with E-state index in [4.69, 9.17) is 4.42 Å². The zero-order valence-electron chi connectivity index (χ0n) is 12.0. The fourth-order valence-corrected chi connectivity index (χ4v) is 2.36. The van der Waals surface area contributed by atoms with Gasteiger partial charge in [-0.3, -0.25) is 0 Å². The van der Waals surface area contributed by atoms with E-state index in [1.807, 2.05) is 43.3 Å². The number of thiol groups is 1. The number of fused-ring (bicyclic) bond motifs is 1. The number of anilines is 1. The summed E-state index contributed by atoms with van der Waals surface area (Å²) in [5.74, 6) is 0.690. The maximum atomic E-state index is 10.6. The lowest BCUT2D eigenvalue weighted by Gasteiger charge is -2.11. The third-order valence-electron chi connectivity index (χ3n) is 3.17. The summed E-state index contributed by atoms with van der Waals surface area (Å²) in [6.45, 7) is 0. The Morgan fingerprint density at radius 1 is 1.09 bits per heavy atom. The van der Waals surface area contributed by atoms with Crippen LogP contribution in [0.4, 0.5) is 5.69 Å². The summed E-state index contributed by atoms with van der Waals surface area (Å²) in [6.07, 6.45) is 0. The molecular formula is C15H14N2O4S. The molecule has 7 heteroatoms. The average molecular weight is 318 g/mol. The normalized spacial score (nSPS) is 11.0. The number of oxazole rings is 1. The van der Waals surface area contributed by atoms with E-state index in [-0.39, 0.29) is 5.75 Å². The van der Waals surface area contributed by atoms with Crippen LogP contribution in [0.2, 0.25) is 0 Å². The van der Waals surface area contributed by atoms with Crippen LogP contribution >= 0.6 is 0 Å². The van der Waals surface area contributed by atoms with Crippen LogP contribution in [0.1, 0.15) is 0 Å². The molecule has 6 nitrogen and oxygen atoms in total. The monoisotopic (exact) mass is 318 g/mol. The first kappa shape index (κ1) is 14.4. The first-order valence-electron chi connectivity index (χ1n) is 6.53. The van der Waals surface area contributed by atoms with Gasteiger partial charge in [0.05, 0.1) is 0 Å². The SMILES string of the molecule is CN(C)c1ccc(-c2nc3cc(O[SH](=O)=O)ccc3o2)cc1. The second-order valence-electron chi connectivity index (χ2n) is 4.90. The molecule has 0 aliphatic carbocycles. The van der Waals surface area contributed by atoms with Crippen molar-refractivity contribution in [1.29, 1.82) is 0 Å². The van der Waals surface area contributed by atoms with Gasteiger partial charge in [-0.15, -0.1) is 0 Å². The molecule has 114 valence electrons. The van der Waals surface area contributed by atoms with Gasteiger partial charge in [0.25, 0.3) is 11.0 Å². The molecule has 1 heterocycles. The van der Waals surface area contributed by atoms with E-state index in [2.05, 4.69) is 9.17 Å². The van der Waals surface area contributed by atoms with Crippen LogP contribution in [0.3, 0.4) is 0 Å². The van der Waals surface area contributed by atoms with Gasteiger partial charge in [0.15, 0.2) is 5.58 Å². The van der Waals surface area contributed by atoms with Gasteiger partial charge < -0.3 is 13.5 Å². The molecule has 0 atom stereocenters. The van der Waals surface area contributed by atoms with Crippen molar-refractivity contribution in [3.05, 3.63) is 42.5 Å². The Bertz CT molecular complexity index is 874. The third-order valence-corrected chi connectivity index (χ3v) is 3.53. The molecule has 0 bridgehead atoms. The van der Waals surface area contributed by atoms with E-state index in [1.54, 1.807) is 6.07 Å². The number of nitrogens with zero attached hydrogens (tertiary/aromatic N) is 2. The van der Waals surface area contributed by atoms with Crippen molar-refractivity contribution in [1.82, 2.24) is 4.98 Å². The summed E-state index contributed by atoms with van der Waals surface area (Å²) in [5.41, 5.74) is 3.04. The molecule has 0 aliphatic rings. The molecule has 2 aromatic carbocycles. The Balaban J connectivity index is 1.97. The largest absolute Gasteiger partial charge is 0.436 e. The van der Waals surface area contributed by atoms with Gasteiger partial charge in [0, 0.05) is 31.4 Å². The van der Waals surface area contributed by atoms with Gasteiger partial charge in [-0.2, -0.15) is 8.42 Å². The number of aromatic nitrogens is 1. The van der Waals surface area contributed by atoms with Crippen molar-refractivity contribution in [3.63, 3.8) is 0 Å². The van der Waals surface area contributed by atoms with Crippen LogP contribution in [0, 0.1) is 0 Å². The van der Waals surface area contributed by atoms with Gasteiger partial charge >= 0.3 is 0 Å². The van der Waals surface area contributed by atoms with Crippen molar-refractivity contribution < 1.29 is 17.0 Å². The molecule has 0 saturated heterocycles. The van der Waals surface area contributed by atoms with Gasteiger partial charge in [-0.25, -0.2) is 4.98 Å². The standard InChI is InChI=1S/C15H14N2O4S/c1-17(2)11-5-3-10(4-6-11)15-16-13-9-12(21-22(18)19)7-8-14(13)20-15/h3-9,22H,1-2H3. The summed E-state index contributed by atoms with van der Waals surface area (Å²) in [6, 6.07) is 12.5. The Morgan fingerprint density at radius 2 is 1.82 bits per heavy atom. The number of hydrogen-bond acceptors (Lipinski definition) is 6. The average Bonchev–Trinajstić information content (AvgIpc) is 2.90. The lowest BCUT2D eigenvalue weighted by Crippen LogP contribution is -2.07. The lowest BCUT2D eigenvalue weighted by molar-refractivity contribution is 0.511. The summed E-state index contributed by atoms with van der Waals surface area (Å²) in [7, 11) is 0.996. The highest BCUT2D eigenvalue weighted by Gasteiger charge is 2.10. The quantitative estimate of drug-likeness (QED) is 0.745. The molecule has 1 aromatic heterocycles. The number of hydrogen-bond donors (Lipinski definition) is 1. The fourth-order valence-electron chi connectivity index (χ4n) is 2.08. The van der Waals surface area contributed by atoms with E-state index >= 15 is 0 Å². The highest BCUT2D eigenvalue weighted by molar-refractivity contribution is 7.67. The summed E-state index contributed by atoms with van der Waals surface area (Å²) < 4.78 is 31.5. The van der Waals surface area contributed by atoms with E-state index in [9.17, 15) is 8.42 Å². The molecule has 0 aliphatic heterocycles. The molecule has 0 unspecified atom stereocenters. The molecule has 0 N–H and O–H groups in total. The molecule has 0 amide bonds. The molecule has 3 rings (SSSR count). The second kappa shape index (κ2) is 5.69. The zero-order chi connectivity index (χ0) is 15.7. The number of rotatable bonds is 4. The summed E-state index contributed by atoms with van der Waals surface area (Å²) in [4.78, 5) is 6.37. The predicted octanol–water partition coefficient (Wildman–Crippen LogP) is 2.47. The van der Waals surface area contributed by atoms with Crippen LogP contribution in [0.15, 0.2) is 46.9 Å². The fraction of sp³-hybridized carbons (Fsp3) is 0.133. The van der Waals surface area contributed by atoms with Crippen LogP contribution in [0.5, 0.6) is 5.75 Å². The van der Waals surface area contributed by atoms with Crippen molar-refractivity contribution in [2.24, 2.45) is 0 Å². The highest BCUT2D eigenvalue weighted by atomic mass is 32.2. The first-order chi connectivity index (χ1) is 10.5. The van der Waals surface area contributed by atoms with E-state index in [1.165, 1.54) is 12.1 Å². The van der Waals surface area contributed by atoms with Crippen molar-refractivity contribution in [2.45, 2.75) is 0 Å². The Hall–Kier alpha value is -2.54. The smallest absolute Gasteiger partial charge is 0.299 e. The van der Waals surface area contributed by atoms with Crippen LogP contribution in [-0.2, 0) is 11.0 Å². The van der Waals surface area contributed by atoms with Crippen LogP contribution < -0.4 is 9.08 Å². The molecule has 0 saturated carbocycles. The Kier molecular flexibility index (Phi) is 3.72. The minimum absolute atomic E-state index is 0.214. The molecule has 3 aromatic rings. The first-order valence-corrected chi connectivity index (χ1v) is 7.63. The van der Waals surface area contributed by atoms with E-state index in [0.717, 1.165) is 11.3 Å². The van der Waals surface area contributed by atoms with Crippen molar-refractivity contribution in [3.8, 4) is 17.2 Å². The minimum Gasteiger partial charge on any atom is -0.436 e. The third kappa shape index (κ3) is 2.89. The van der Waals surface area contributed by atoms with Crippen molar-refractivity contribution >= 4 is 27.8 Å². The maximum absolute atomic E-state index is 10.6. The Morgan fingerprint density at radius 3 is 2.45 bits per heavy atom. The molecule has 0 spiro atoms. The summed E-state index contributed by atoms with van der Waals surface area (Å²) >= 11 is 0. The Labute approximate surface area is 129 Å². The second-order valence-corrected chi connectivity index (χ2v) is 5.53. The minimum atomic E-state index is -2.94. The van der Waals surface area contributed by atoms with Gasteiger partial charge in [-0.05, 0) is 36.4 Å². The number of benzene rings is 2. The highest BCUT2D eigenvalue weighted by Crippen LogP contribution is 2.28. The summed E-state index contributed by atoms with van der Waals surface area (Å²) in [5, 5.41) is 0. The van der Waals surface area contributed by atoms with Gasteiger partial charge in [0.1, 0.15) is 11.3 Å².